The minimum Gasteiger partial charge on any atom is -0.508 e. The lowest BCUT2D eigenvalue weighted by atomic mass is 10.1. The average Bonchev–Trinajstić information content (AvgIpc) is 2.95. The highest BCUT2D eigenvalue weighted by Gasteiger charge is 2.17. The van der Waals surface area contributed by atoms with Crippen LogP contribution in [0.15, 0.2) is 59.6 Å². The molecule has 0 spiro atoms. The number of aliphatic imine (C=N–C) groups is 1. The summed E-state index contributed by atoms with van der Waals surface area (Å²) in [4.78, 5) is 4.49. The van der Waals surface area contributed by atoms with Gasteiger partial charge in [-0.2, -0.15) is 0 Å². The fraction of sp³-hybridized carbons (Fsp3) is 0.235. The van der Waals surface area contributed by atoms with Crippen LogP contribution in [0.25, 0.3) is 0 Å². The molecule has 21 heavy (non-hydrogen) atoms. The molecule has 0 aliphatic carbocycles. The molecule has 1 atom stereocenters. The smallest absolute Gasteiger partial charge is 0.191 e. The van der Waals surface area contributed by atoms with E-state index in [0.29, 0.717) is 12.6 Å². The van der Waals surface area contributed by atoms with Crippen LogP contribution in [0.2, 0.25) is 0 Å². The van der Waals surface area contributed by atoms with E-state index in [1.54, 1.807) is 12.1 Å². The second-order valence-electron chi connectivity index (χ2n) is 5.24. The topological polar surface area (TPSA) is 56.6 Å². The van der Waals surface area contributed by atoms with Crippen molar-refractivity contribution in [2.45, 2.75) is 19.0 Å². The lowest BCUT2D eigenvalue weighted by Gasteiger charge is -2.13. The van der Waals surface area contributed by atoms with Crippen LogP contribution >= 0.6 is 0 Å². The molecule has 1 unspecified atom stereocenters. The number of aromatic hydroxyl groups is 1. The van der Waals surface area contributed by atoms with Crippen LogP contribution in [0.4, 0.5) is 0 Å². The first-order chi connectivity index (χ1) is 10.3. The summed E-state index contributed by atoms with van der Waals surface area (Å²) in [6, 6.07) is 18.0. The summed E-state index contributed by atoms with van der Waals surface area (Å²) < 4.78 is 0. The molecule has 108 valence electrons. The van der Waals surface area contributed by atoms with Crippen molar-refractivity contribution < 1.29 is 5.11 Å². The van der Waals surface area contributed by atoms with E-state index in [4.69, 9.17) is 0 Å². The molecule has 1 aliphatic rings. The van der Waals surface area contributed by atoms with Gasteiger partial charge in [0.15, 0.2) is 5.96 Å². The van der Waals surface area contributed by atoms with Crippen LogP contribution in [0.1, 0.15) is 11.1 Å². The summed E-state index contributed by atoms with van der Waals surface area (Å²) in [5.41, 5.74) is 2.44. The zero-order chi connectivity index (χ0) is 14.5. The number of guanidine groups is 1. The van der Waals surface area contributed by atoms with Gasteiger partial charge in [-0.3, -0.25) is 4.99 Å². The van der Waals surface area contributed by atoms with Crippen molar-refractivity contribution in [1.29, 1.82) is 0 Å². The monoisotopic (exact) mass is 281 g/mol. The van der Waals surface area contributed by atoms with Gasteiger partial charge in [0.25, 0.3) is 0 Å². The Morgan fingerprint density at radius 3 is 2.57 bits per heavy atom. The Kier molecular flexibility index (Phi) is 4.05. The van der Waals surface area contributed by atoms with Crippen LogP contribution in [-0.4, -0.2) is 23.7 Å². The highest BCUT2D eigenvalue weighted by molar-refractivity contribution is 5.81. The fourth-order valence-corrected chi connectivity index (χ4v) is 2.41. The van der Waals surface area contributed by atoms with Crippen molar-refractivity contribution in [2.75, 3.05) is 6.54 Å². The third kappa shape index (κ3) is 3.75. The van der Waals surface area contributed by atoms with Gasteiger partial charge in [-0.15, -0.1) is 0 Å². The normalized spacial score (nSPS) is 17.1. The second-order valence-corrected chi connectivity index (χ2v) is 5.24. The van der Waals surface area contributed by atoms with E-state index >= 15 is 0 Å². The minimum absolute atomic E-state index is 0.290. The maximum Gasteiger partial charge on any atom is 0.191 e. The van der Waals surface area contributed by atoms with E-state index in [9.17, 15) is 5.11 Å². The van der Waals surface area contributed by atoms with Gasteiger partial charge < -0.3 is 15.7 Å². The third-order valence-corrected chi connectivity index (χ3v) is 3.53. The first-order valence-electron chi connectivity index (χ1n) is 7.16. The standard InChI is InChI=1S/C17H19N3O/c21-16-8-6-14(7-9-16)11-18-17-19-12-15(20-17)10-13-4-2-1-3-5-13/h1-9,15,21H,10-12H2,(H2,18,19,20). The predicted molar refractivity (Wildman–Crippen MR) is 84.3 cm³/mol. The van der Waals surface area contributed by atoms with Crippen molar-refractivity contribution in [2.24, 2.45) is 4.99 Å². The Balaban J connectivity index is 1.47. The summed E-state index contributed by atoms with van der Waals surface area (Å²) in [6.07, 6.45) is 0.981. The highest BCUT2D eigenvalue weighted by Crippen LogP contribution is 2.10. The van der Waals surface area contributed by atoms with E-state index in [1.807, 2.05) is 18.2 Å². The molecule has 0 bridgehead atoms. The van der Waals surface area contributed by atoms with Crippen LogP contribution in [0, 0.1) is 0 Å². The molecule has 4 nitrogen and oxygen atoms in total. The molecular formula is C17H19N3O. The number of nitrogens with zero attached hydrogens (tertiary/aromatic N) is 1. The maximum absolute atomic E-state index is 9.25. The molecule has 1 aliphatic heterocycles. The number of phenols is 1. The number of rotatable bonds is 4. The highest BCUT2D eigenvalue weighted by atomic mass is 16.3. The number of hydrogen-bond donors (Lipinski definition) is 3. The van der Waals surface area contributed by atoms with Crippen molar-refractivity contribution in [3.05, 3.63) is 65.7 Å². The number of phenolic OH excluding ortho intramolecular Hbond substituents is 1. The van der Waals surface area contributed by atoms with E-state index in [-0.39, 0.29) is 5.75 Å². The Morgan fingerprint density at radius 2 is 1.81 bits per heavy atom. The van der Waals surface area contributed by atoms with Gasteiger partial charge >= 0.3 is 0 Å². The molecular weight excluding hydrogens is 262 g/mol. The molecule has 0 saturated carbocycles. The van der Waals surface area contributed by atoms with Crippen molar-refractivity contribution in [3.8, 4) is 5.75 Å². The number of benzene rings is 2. The first-order valence-corrected chi connectivity index (χ1v) is 7.16. The summed E-state index contributed by atoms with van der Waals surface area (Å²) in [5.74, 6) is 1.14. The van der Waals surface area contributed by atoms with Gasteiger partial charge in [-0.1, -0.05) is 42.5 Å². The molecule has 3 N–H and O–H groups in total. The SMILES string of the molecule is Oc1ccc(CNC2=NCC(Cc3ccccc3)N2)cc1. The van der Waals surface area contributed by atoms with Crippen LogP contribution in [-0.2, 0) is 13.0 Å². The maximum atomic E-state index is 9.25. The van der Waals surface area contributed by atoms with Gasteiger partial charge in [0.05, 0.1) is 12.6 Å². The molecule has 0 fully saturated rings. The van der Waals surface area contributed by atoms with Crippen molar-refractivity contribution in [3.63, 3.8) is 0 Å². The Bertz CT molecular complexity index is 608. The summed E-state index contributed by atoms with van der Waals surface area (Å²) in [7, 11) is 0. The Labute approximate surface area is 124 Å². The lowest BCUT2D eigenvalue weighted by Crippen LogP contribution is -2.39. The molecule has 4 heteroatoms. The van der Waals surface area contributed by atoms with E-state index in [0.717, 1.165) is 24.5 Å². The zero-order valence-corrected chi connectivity index (χ0v) is 11.8. The lowest BCUT2D eigenvalue weighted by molar-refractivity contribution is 0.475. The molecule has 3 rings (SSSR count). The Morgan fingerprint density at radius 1 is 1.05 bits per heavy atom. The molecule has 2 aromatic carbocycles. The number of hydrogen-bond acceptors (Lipinski definition) is 4. The van der Waals surface area contributed by atoms with Gasteiger partial charge in [-0.05, 0) is 29.7 Å². The van der Waals surface area contributed by atoms with Crippen molar-refractivity contribution >= 4 is 5.96 Å². The summed E-state index contributed by atoms with van der Waals surface area (Å²) >= 11 is 0. The zero-order valence-electron chi connectivity index (χ0n) is 11.8. The third-order valence-electron chi connectivity index (χ3n) is 3.53. The van der Waals surface area contributed by atoms with Crippen molar-refractivity contribution in [1.82, 2.24) is 10.6 Å². The Hall–Kier alpha value is -2.49. The van der Waals surface area contributed by atoms with Gasteiger partial charge in [0.2, 0.25) is 0 Å². The second kappa shape index (κ2) is 6.31. The van der Waals surface area contributed by atoms with Gasteiger partial charge in [0, 0.05) is 6.54 Å². The predicted octanol–water partition coefficient (Wildman–Crippen LogP) is 2.05. The first kappa shape index (κ1) is 13.5. The van der Waals surface area contributed by atoms with E-state index in [2.05, 4.69) is 39.9 Å². The van der Waals surface area contributed by atoms with Gasteiger partial charge in [0.1, 0.15) is 5.75 Å². The fourth-order valence-electron chi connectivity index (χ4n) is 2.41. The van der Waals surface area contributed by atoms with Crippen LogP contribution < -0.4 is 10.6 Å². The van der Waals surface area contributed by atoms with E-state index < -0.39 is 0 Å². The molecule has 2 aromatic rings. The molecule has 0 radical (unpaired) electrons. The quantitative estimate of drug-likeness (QED) is 0.804. The molecule has 0 amide bonds. The van der Waals surface area contributed by atoms with Crippen LogP contribution in [0.3, 0.4) is 0 Å². The minimum atomic E-state index is 0.290. The molecule has 0 saturated heterocycles. The average molecular weight is 281 g/mol. The summed E-state index contributed by atoms with van der Waals surface area (Å²) in [6.45, 7) is 1.50. The largest absolute Gasteiger partial charge is 0.508 e. The van der Waals surface area contributed by atoms with E-state index in [1.165, 1.54) is 5.56 Å². The molecule has 0 aromatic heterocycles. The summed E-state index contributed by atoms with van der Waals surface area (Å²) in [5, 5.41) is 16.0. The molecule has 1 heterocycles. The van der Waals surface area contributed by atoms with Gasteiger partial charge in [-0.25, -0.2) is 0 Å². The number of nitrogens with one attached hydrogen (secondary N) is 2. The van der Waals surface area contributed by atoms with Crippen LogP contribution in [0.5, 0.6) is 5.75 Å².